The van der Waals surface area contributed by atoms with Gasteiger partial charge in [-0.2, -0.15) is 0 Å². The van der Waals surface area contributed by atoms with Crippen LogP contribution >= 0.6 is 27.3 Å². The van der Waals surface area contributed by atoms with Crippen LogP contribution in [0, 0.1) is 10.8 Å². The SMILES string of the molecule is CC1(C)CC(NC(=O)c2csc(Br)c2)CC(C)(C)C1. The zero-order valence-electron chi connectivity index (χ0n) is 12.0. The number of nitrogens with one attached hydrogen (secondary N) is 1. The Morgan fingerprint density at radius 3 is 2.37 bits per heavy atom. The normalized spacial score (nSPS) is 22.2. The van der Waals surface area contributed by atoms with Gasteiger partial charge in [-0.25, -0.2) is 0 Å². The smallest absolute Gasteiger partial charge is 0.252 e. The van der Waals surface area contributed by atoms with Gasteiger partial charge in [-0.3, -0.25) is 4.79 Å². The van der Waals surface area contributed by atoms with E-state index in [0.717, 1.165) is 22.2 Å². The molecular formula is C15H22BrNOS. The second-order valence-electron chi connectivity index (χ2n) is 7.22. The standard InChI is InChI=1S/C15H22BrNOS/c1-14(2)6-11(7-15(3,4)9-14)17-13(18)10-5-12(16)19-8-10/h5,8,11H,6-7,9H2,1-4H3,(H,17,18). The molecule has 1 aliphatic rings. The maximum Gasteiger partial charge on any atom is 0.252 e. The highest BCUT2D eigenvalue weighted by molar-refractivity contribution is 9.11. The lowest BCUT2D eigenvalue weighted by Crippen LogP contribution is -2.45. The van der Waals surface area contributed by atoms with Crippen LogP contribution in [0.2, 0.25) is 0 Å². The van der Waals surface area contributed by atoms with Gasteiger partial charge < -0.3 is 5.32 Å². The molecule has 1 aromatic heterocycles. The molecule has 0 bridgehead atoms. The van der Waals surface area contributed by atoms with Gasteiger partial charge in [0.25, 0.3) is 5.91 Å². The minimum Gasteiger partial charge on any atom is -0.349 e. The quantitative estimate of drug-likeness (QED) is 0.817. The molecule has 1 fully saturated rings. The van der Waals surface area contributed by atoms with E-state index >= 15 is 0 Å². The van der Waals surface area contributed by atoms with Gasteiger partial charge in [-0.1, -0.05) is 27.7 Å². The van der Waals surface area contributed by atoms with E-state index in [1.54, 1.807) is 11.3 Å². The first kappa shape index (κ1) is 15.0. The van der Waals surface area contributed by atoms with E-state index in [1.165, 1.54) is 6.42 Å². The summed E-state index contributed by atoms with van der Waals surface area (Å²) in [7, 11) is 0. The molecule has 1 aromatic rings. The van der Waals surface area contributed by atoms with E-state index < -0.39 is 0 Å². The number of halogens is 1. The van der Waals surface area contributed by atoms with Gasteiger partial charge in [0.1, 0.15) is 0 Å². The molecule has 0 saturated heterocycles. The van der Waals surface area contributed by atoms with Crippen molar-refractivity contribution >= 4 is 33.2 Å². The number of rotatable bonds is 2. The molecule has 1 heterocycles. The maximum absolute atomic E-state index is 12.2. The van der Waals surface area contributed by atoms with Crippen LogP contribution < -0.4 is 5.32 Å². The van der Waals surface area contributed by atoms with Crippen LogP contribution in [0.25, 0.3) is 0 Å². The Hall–Kier alpha value is -0.350. The van der Waals surface area contributed by atoms with Gasteiger partial charge in [-0.15, -0.1) is 11.3 Å². The van der Waals surface area contributed by atoms with Crippen LogP contribution in [0.15, 0.2) is 15.2 Å². The molecule has 1 amide bonds. The van der Waals surface area contributed by atoms with Crippen molar-refractivity contribution in [3.63, 3.8) is 0 Å². The van der Waals surface area contributed by atoms with E-state index in [9.17, 15) is 4.79 Å². The molecule has 0 unspecified atom stereocenters. The predicted molar refractivity (Wildman–Crippen MR) is 84.7 cm³/mol. The second kappa shape index (κ2) is 5.21. The highest BCUT2D eigenvalue weighted by atomic mass is 79.9. The summed E-state index contributed by atoms with van der Waals surface area (Å²) in [5, 5.41) is 5.11. The summed E-state index contributed by atoms with van der Waals surface area (Å²) < 4.78 is 1.00. The van der Waals surface area contributed by atoms with E-state index in [0.29, 0.717) is 10.8 Å². The third kappa shape index (κ3) is 4.06. The Bertz CT molecular complexity index is 462. The summed E-state index contributed by atoms with van der Waals surface area (Å²) in [5.74, 6) is 0.0560. The molecule has 106 valence electrons. The van der Waals surface area contributed by atoms with Crippen molar-refractivity contribution < 1.29 is 4.79 Å². The largest absolute Gasteiger partial charge is 0.349 e. The molecule has 1 aliphatic carbocycles. The lowest BCUT2D eigenvalue weighted by atomic mass is 9.63. The summed E-state index contributed by atoms with van der Waals surface area (Å²) in [5.41, 5.74) is 1.36. The number of hydrogen-bond donors (Lipinski definition) is 1. The number of amides is 1. The minimum atomic E-state index is 0.0560. The Labute approximate surface area is 128 Å². The van der Waals surface area contributed by atoms with Crippen molar-refractivity contribution in [2.75, 3.05) is 0 Å². The number of carbonyl (C=O) groups is 1. The molecule has 4 heteroatoms. The maximum atomic E-state index is 12.2. The predicted octanol–water partition coefficient (Wildman–Crippen LogP) is 4.85. The first-order valence-corrected chi connectivity index (χ1v) is 8.39. The molecule has 2 nitrogen and oxygen atoms in total. The average Bonchev–Trinajstić information content (AvgIpc) is 2.59. The van der Waals surface area contributed by atoms with E-state index in [-0.39, 0.29) is 11.9 Å². The Kier molecular flexibility index (Phi) is 4.12. The van der Waals surface area contributed by atoms with E-state index in [4.69, 9.17) is 0 Å². The third-order valence-electron chi connectivity index (χ3n) is 3.72. The van der Waals surface area contributed by atoms with Gasteiger partial charge in [0.15, 0.2) is 0 Å². The fourth-order valence-electron chi connectivity index (χ4n) is 3.65. The summed E-state index contributed by atoms with van der Waals surface area (Å²) >= 11 is 4.95. The molecule has 0 radical (unpaired) electrons. The molecule has 1 saturated carbocycles. The van der Waals surface area contributed by atoms with Crippen molar-refractivity contribution in [1.29, 1.82) is 0 Å². The lowest BCUT2D eigenvalue weighted by Gasteiger charge is -2.45. The number of thiophene rings is 1. The Morgan fingerprint density at radius 1 is 1.32 bits per heavy atom. The fourth-order valence-corrected chi connectivity index (χ4v) is 4.78. The minimum absolute atomic E-state index is 0.0560. The van der Waals surface area contributed by atoms with Crippen molar-refractivity contribution in [3.05, 3.63) is 20.8 Å². The monoisotopic (exact) mass is 343 g/mol. The van der Waals surface area contributed by atoms with E-state index in [1.807, 2.05) is 11.4 Å². The zero-order chi connectivity index (χ0) is 14.3. The van der Waals surface area contributed by atoms with Gasteiger partial charge >= 0.3 is 0 Å². The van der Waals surface area contributed by atoms with Crippen molar-refractivity contribution in [3.8, 4) is 0 Å². The number of carbonyl (C=O) groups excluding carboxylic acids is 1. The third-order valence-corrected chi connectivity index (χ3v) is 5.22. The van der Waals surface area contributed by atoms with Gasteiger partial charge in [0.05, 0.1) is 9.35 Å². The van der Waals surface area contributed by atoms with Crippen LogP contribution in [0.1, 0.15) is 57.3 Å². The highest BCUT2D eigenvalue weighted by Crippen LogP contribution is 2.45. The molecule has 0 atom stereocenters. The van der Waals surface area contributed by atoms with Crippen LogP contribution in [0.5, 0.6) is 0 Å². The fraction of sp³-hybridized carbons (Fsp3) is 0.667. The van der Waals surface area contributed by atoms with Crippen molar-refractivity contribution in [2.24, 2.45) is 10.8 Å². The van der Waals surface area contributed by atoms with Gasteiger partial charge in [0, 0.05) is 11.4 Å². The highest BCUT2D eigenvalue weighted by Gasteiger charge is 2.38. The Morgan fingerprint density at radius 2 is 1.89 bits per heavy atom. The van der Waals surface area contributed by atoms with E-state index in [2.05, 4.69) is 48.9 Å². The topological polar surface area (TPSA) is 29.1 Å². The summed E-state index contributed by atoms with van der Waals surface area (Å²) in [4.78, 5) is 12.2. The molecule has 19 heavy (non-hydrogen) atoms. The molecular weight excluding hydrogens is 322 g/mol. The molecule has 0 aliphatic heterocycles. The molecule has 1 N–H and O–H groups in total. The Balaban J connectivity index is 2.04. The van der Waals surface area contributed by atoms with Crippen LogP contribution in [0.3, 0.4) is 0 Å². The molecule has 0 spiro atoms. The van der Waals surface area contributed by atoms with Crippen LogP contribution in [-0.2, 0) is 0 Å². The summed E-state index contributed by atoms with van der Waals surface area (Å²) in [6.45, 7) is 9.20. The van der Waals surface area contributed by atoms with Crippen molar-refractivity contribution in [1.82, 2.24) is 5.32 Å². The number of hydrogen-bond acceptors (Lipinski definition) is 2. The first-order valence-electron chi connectivity index (χ1n) is 6.72. The zero-order valence-corrected chi connectivity index (χ0v) is 14.5. The van der Waals surface area contributed by atoms with Crippen LogP contribution in [0.4, 0.5) is 0 Å². The second-order valence-corrected chi connectivity index (χ2v) is 9.51. The van der Waals surface area contributed by atoms with Crippen LogP contribution in [-0.4, -0.2) is 11.9 Å². The van der Waals surface area contributed by atoms with Crippen molar-refractivity contribution in [2.45, 2.75) is 53.0 Å². The lowest BCUT2D eigenvalue weighted by molar-refractivity contribution is 0.0714. The first-order chi connectivity index (χ1) is 8.67. The van der Waals surface area contributed by atoms with Gasteiger partial charge in [-0.05, 0) is 52.1 Å². The molecule has 0 aromatic carbocycles. The summed E-state index contributed by atoms with van der Waals surface area (Å²) in [6.07, 6.45) is 3.34. The molecule has 2 rings (SSSR count). The summed E-state index contributed by atoms with van der Waals surface area (Å²) in [6, 6.07) is 2.17. The average molecular weight is 344 g/mol. The van der Waals surface area contributed by atoms with Gasteiger partial charge in [0.2, 0.25) is 0 Å².